The fraction of sp³-hybridized carbons (Fsp3) is 0.133. The van der Waals surface area contributed by atoms with E-state index in [-0.39, 0.29) is 5.56 Å². The first-order valence-electron chi connectivity index (χ1n) is 6.14. The van der Waals surface area contributed by atoms with Crippen molar-refractivity contribution >= 4 is 39.1 Å². The first-order valence-corrected chi connectivity index (χ1v) is 7.31. The van der Waals surface area contributed by atoms with Crippen LogP contribution in [0.15, 0.2) is 34.8 Å². The molecular weight excluding hydrogens is 377 g/mol. The Morgan fingerprint density at radius 1 is 1.18 bits per heavy atom. The summed E-state index contributed by atoms with van der Waals surface area (Å²) in [6.45, 7) is 0. The molecule has 22 heavy (non-hydrogen) atoms. The summed E-state index contributed by atoms with van der Waals surface area (Å²) in [6, 6.07) is 6.89. The minimum absolute atomic E-state index is 0.284. The van der Waals surface area contributed by atoms with E-state index in [0.29, 0.717) is 26.7 Å². The van der Waals surface area contributed by atoms with Crippen LogP contribution in [0.25, 0.3) is 0 Å². The van der Waals surface area contributed by atoms with E-state index < -0.39 is 11.7 Å². The molecule has 0 saturated carbocycles. The molecule has 0 aliphatic carbocycles. The van der Waals surface area contributed by atoms with E-state index in [1.165, 1.54) is 38.5 Å². The Kier molecular flexibility index (Phi) is 5.26. The summed E-state index contributed by atoms with van der Waals surface area (Å²) in [5.74, 6) is 0.0161. The Morgan fingerprint density at radius 3 is 2.41 bits per heavy atom. The van der Waals surface area contributed by atoms with Crippen molar-refractivity contribution in [1.82, 2.24) is 0 Å². The predicted octanol–water partition coefficient (Wildman–Crippen LogP) is 4.51. The van der Waals surface area contributed by atoms with E-state index in [4.69, 9.17) is 21.1 Å². The molecule has 1 N–H and O–H groups in total. The zero-order valence-electron chi connectivity index (χ0n) is 11.7. The van der Waals surface area contributed by atoms with Crippen LogP contribution in [0.5, 0.6) is 11.5 Å². The second-order valence-corrected chi connectivity index (χ2v) is 5.53. The third-order valence-corrected chi connectivity index (χ3v) is 3.87. The van der Waals surface area contributed by atoms with Crippen LogP contribution in [0.4, 0.5) is 10.1 Å². The average Bonchev–Trinajstić information content (AvgIpc) is 2.48. The van der Waals surface area contributed by atoms with Crippen molar-refractivity contribution in [2.24, 2.45) is 0 Å². The highest BCUT2D eigenvalue weighted by Gasteiger charge is 2.15. The van der Waals surface area contributed by atoms with Gasteiger partial charge < -0.3 is 14.8 Å². The lowest BCUT2D eigenvalue weighted by Crippen LogP contribution is -2.13. The molecule has 0 aliphatic heterocycles. The van der Waals surface area contributed by atoms with Crippen LogP contribution >= 0.6 is 27.5 Å². The van der Waals surface area contributed by atoms with Gasteiger partial charge in [0.15, 0.2) is 11.5 Å². The average molecular weight is 389 g/mol. The Labute approximate surface area is 140 Å². The Balaban J connectivity index is 2.32. The predicted molar refractivity (Wildman–Crippen MR) is 86.6 cm³/mol. The molecule has 0 aromatic heterocycles. The molecule has 7 heteroatoms. The molecule has 0 aliphatic rings. The molecule has 116 valence electrons. The van der Waals surface area contributed by atoms with Crippen molar-refractivity contribution in [2.75, 3.05) is 19.5 Å². The van der Waals surface area contributed by atoms with Gasteiger partial charge in [0.1, 0.15) is 5.82 Å². The van der Waals surface area contributed by atoms with Crippen molar-refractivity contribution < 1.29 is 18.7 Å². The van der Waals surface area contributed by atoms with Gasteiger partial charge in [0.2, 0.25) is 0 Å². The van der Waals surface area contributed by atoms with Crippen LogP contribution in [0.1, 0.15) is 10.4 Å². The number of hydrogen-bond donors (Lipinski definition) is 1. The van der Waals surface area contributed by atoms with Crippen LogP contribution in [0.3, 0.4) is 0 Å². The number of rotatable bonds is 4. The van der Waals surface area contributed by atoms with Crippen LogP contribution in [0, 0.1) is 5.82 Å². The third kappa shape index (κ3) is 3.51. The van der Waals surface area contributed by atoms with Gasteiger partial charge in [-0.25, -0.2) is 4.39 Å². The topological polar surface area (TPSA) is 47.6 Å². The largest absolute Gasteiger partial charge is 0.493 e. The molecule has 4 nitrogen and oxygen atoms in total. The molecule has 0 spiro atoms. The number of halogens is 3. The van der Waals surface area contributed by atoms with Crippen molar-refractivity contribution in [2.45, 2.75) is 0 Å². The maximum Gasteiger partial charge on any atom is 0.256 e. The Bertz CT molecular complexity index is 724. The van der Waals surface area contributed by atoms with Crippen molar-refractivity contribution in [3.63, 3.8) is 0 Å². The zero-order valence-corrected chi connectivity index (χ0v) is 14.1. The Morgan fingerprint density at radius 2 is 1.82 bits per heavy atom. The molecule has 0 fully saturated rings. The van der Waals surface area contributed by atoms with Gasteiger partial charge >= 0.3 is 0 Å². The summed E-state index contributed by atoms with van der Waals surface area (Å²) in [6.07, 6.45) is 0. The molecule has 0 bridgehead atoms. The molecule has 0 unspecified atom stereocenters. The molecule has 2 aromatic carbocycles. The van der Waals surface area contributed by atoms with E-state index in [1.807, 2.05) is 0 Å². The van der Waals surface area contributed by atoms with Gasteiger partial charge in [-0.2, -0.15) is 0 Å². The summed E-state index contributed by atoms with van der Waals surface area (Å²) in [7, 11) is 2.97. The van der Waals surface area contributed by atoms with Crippen molar-refractivity contribution in [3.8, 4) is 11.5 Å². The standard InChI is InChI=1S/C15H12BrClFNO3/c1-21-13-6-11(17)12(7-14(13)22-2)19-15(20)9-4-3-8(18)5-10(9)16/h3-7H,1-2H3,(H,19,20). The molecule has 0 atom stereocenters. The maximum absolute atomic E-state index is 13.1. The highest BCUT2D eigenvalue weighted by molar-refractivity contribution is 9.10. The van der Waals surface area contributed by atoms with Gasteiger partial charge in [0, 0.05) is 16.6 Å². The molecule has 1 amide bonds. The number of anilines is 1. The second kappa shape index (κ2) is 6.98. The van der Waals surface area contributed by atoms with Gasteiger partial charge in [-0.05, 0) is 34.1 Å². The lowest BCUT2D eigenvalue weighted by atomic mass is 10.2. The highest BCUT2D eigenvalue weighted by Crippen LogP contribution is 2.36. The molecule has 2 aromatic rings. The number of carbonyl (C=O) groups excluding carboxylic acids is 1. The summed E-state index contributed by atoms with van der Waals surface area (Å²) in [5, 5.41) is 2.95. The quantitative estimate of drug-likeness (QED) is 0.838. The number of carbonyl (C=O) groups is 1. The molecular formula is C15H12BrClFNO3. The van der Waals surface area contributed by atoms with Gasteiger partial charge in [0.05, 0.1) is 30.5 Å². The molecule has 0 radical (unpaired) electrons. The first-order chi connectivity index (χ1) is 10.5. The second-order valence-electron chi connectivity index (χ2n) is 4.27. The lowest BCUT2D eigenvalue weighted by Gasteiger charge is -2.13. The van der Waals surface area contributed by atoms with Crippen molar-refractivity contribution in [1.29, 1.82) is 0 Å². The van der Waals surface area contributed by atoms with E-state index in [0.717, 1.165) is 0 Å². The summed E-state index contributed by atoms with van der Waals surface area (Å²) in [5.41, 5.74) is 0.646. The normalized spacial score (nSPS) is 10.2. The molecule has 0 heterocycles. The SMILES string of the molecule is COc1cc(Cl)c(NC(=O)c2ccc(F)cc2Br)cc1OC. The van der Waals surface area contributed by atoms with Gasteiger partial charge in [-0.3, -0.25) is 4.79 Å². The minimum Gasteiger partial charge on any atom is -0.493 e. The molecule has 2 rings (SSSR count). The fourth-order valence-electron chi connectivity index (χ4n) is 1.81. The van der Waals surface area contributed by atoms with Gasteiger partial charge in [-0.15, -0.1) is 0 Å². The van der Waals surface area contributed by atoms with E-state index in [9.17, 15) is 9.18 Å². The van der Waals surface area contributed by atoms with Gasteiger partial charge in [0.25, 0.3) is 5.91 Å². The monoisotopic (exact) mass is 387 g/mol. The Hall–Kier alpha value is -1.79. The summed E-state index contributed by atoms with van der Waals surface area (Å²) < 4.78 is 23.7. The van der Waals surface area contributed by atoms with E-state index >= 15 is 0 Å². The number of nitrogens with one attached hydrogen (secondary N) is 1. The number of hydrogen-bond acceptors (Lipinski definition) is 3. The summed E-state index contributed by atoms with van der Waals surface area (Å²) in [4.78, 5) is 12.3. The third-order valence-electron chi connectivity index (χ3n) is 2.90. The fourth-order valence-corrected chi connectivity index (χ4v) is 2.55. The maximum atomic E-state index is 13.1. The zero-order chi connectivity index (χ0) is 16.3. The minimum atomic E-state index is -0.437. The van der Waals surface area contributed by atoms with Crippen molar-refractivity contribution in [3.05, 3.63) is 51.2 Å². The van der Waals surface area contributed by atoms with E-state index in [2.05, 4.69) is 21.2 Å². The smallest absolute Gasteiger partial charge is 0.256 e. The van der Waals surface area contributed by atoms with Crippen LogP contribution in [-0.4, -0.2) is 20.1 Å². The first kappa shape index (κ1) is 16.6. The van der Waals surface area contributed by atoms with Gasteiger partial charge in [-0.1, -0.05) is 11.6 Å². The highest BCUT2D eigenvalue weighted by atomic mass is 79.9. The summed E-state index contributed by atoms with van der Waals surface area (Å²) >= 11 is 9.26. The number of methoxy groups -OCH3 is 2. The number of ether oxygens (including phenoxy) is 2. The van der Waals surface area contributed by atoms with E-state index in [1.54, 1.807) is 6.07 Å². The van der Waals surface area contributed by atoms with Crippen LogP contribution in [0.2, 0.25) is 5.02 Å². The number of amides is 1. The lowest BCUT2D eigenvalue weighted by molar-refractivity contribution is 0.102. The number of benzene rings is 2. The van der Waals surface area contributed by atoms with Crippen LogP contribution < -0.4 is 14.8 Å². The molecule has 0 saturated heterocycles. The van der Waals surface area contributed by atoms with Crippen LogP contribution in [-0.2, 0) is 0 Å².